The number of aliphatic hydroxyl groups excluding tert-OH is 4. The second-order valence-electron chi connectivity index (χ2n) is 2.93. The number of thioether (sulfide) groups is 1. The highest BCUT2D eigenvalue weighted by molar-refractivity contribution is 7.99. The molecular weight excluding hydrogens is 196 g/mol. The number of aliphatic hydroxyl groups is 4. The van der Waals surface area contributed by atoms with Gasteiger partial charge in [-0.15, -0.1) is 0 Å². The first-order chi connectivity index (χ1) is 6.11. The molecule has 0 aromatic rings. The van der Waals surface area contributed by atoms with Crippen molar-refractivity contribution in [1.82, 2.24) is 0 Å². The molecule has 78 valence electrons. The van der Waals surface area contributed by atoms with Crippen molar-refractivity contribution in [3.63, 3.8) is 0 Å². The summed E-state index contributed by atoms with van der Waals surface area (Å²) in [6.45, 7) is -0.285. The Morgan fingerprint density at radius 3 is 2.31 bits per heavy atom. The van der Waals surface area contributed by atoms with Gasteiger partial charge < -0.3 is 25.2 Å². The Morgan fingerprint density at radius 1 is 1.23 bits per heavy atom. The van der Waals surface area contributed by atoms with Crippen molar-refractivity contribution in [3.05, 3.63) is 0 Å². The van der Waals surface area contributed by atoms with E-state index in [9.17, 15) is 10.2 Å². The van der Waals surface area contributed by atoms with Gasteiger partial charge >= 0.3 is 0 Å². The number of hydrogen-bond acceptors (Lipinski definition) is 6. The number of hydrogen-bond donors (Lipinski definition) is 4. The first-order valence-corrected chi connectivity index (χ1v) is 5.24. The standard InChI is InChI=1S/C7H14O5S/c1-13-6-3(2-8)12-7(11)5(10)4(6)9/h3-11H,2H2,1H3. The van der Waals surface area contributed by atoms with E-state index in [4.69, 9.17) is 14.9 Å². The maximum Gasteiger partial charge on any atom is 0.183 e. The van der Waals surface area contributed by atoms with Crippen molar-refractivity contribution < 1.29 is 25.2 Å². The van der Waals surface area contributed by atoms with Crippen molar-refractivity contribution >= 4 is 11.8 Å². The van der Waals surface area contributed by atoms with E-state index in [0.717, 1.165) is 0 Å². The largest absolute Gasteiger partial charge is 0.394 e. The summed E-state index contributed by atoms with van der Waals surface area (Å²) in [5, 5.41) is 36.3. The van der Waals surface area contributed by atoms with Crippen molar-refractivity contribution in [2.24, 2.45) is 0 Å². The lowest BCUT2D eigenvalue weighted by molar-refractivity contribution is -0.248. The van der Waals surface area contributed by atoms with Crippen molar-refractivity contribution in [1.29, 1.82) is 0 Å². The van der Waals surface area contributed by atoms with E-state index in [2.05, 4.69) is 0 Å². The van der Waals surface area contributed by atoms with Gasteiger partial charge in [0.05, 0.1) is 24.1 Å². The maximum atomic E-state index is 9.49. The lowest BCUT2D eigenvalue weighted by atomic mass is 10.0. The summed E-state index contributed by atoms with van der Waals surface area (Å²) >= 11 is 1.29. The quantitative estimate of drug-likeness (QED) is 0.428. The minimum atomic E-state index is -1.42. The molecule has 0 aromatic carbocycles. The van der Waals surface area contributed by atoms with Crippen LogP contribution in [0.15, 0.2) is 0 Å². The highest BCUT2D eigenvalue weighted by Gasteiger charge is 2.42. The van der Waals surface area contributed by atoms with Crippen LogP contribution in [0.25, 0.3) is 0 Å². The zero-order valence-corrected chi connectivity index (χ0v) is 8.02. The van der Waals surface area contributed by atoms with Gasteiger partial charge in [0.25, 0.3) is 0 Å². The third kappa shape index (κ3) is 2.15. The van der Waals surface area contributed by atoms with Crippen molar-refractivity contribution in [2.75, 3.05) is 12.9 Å². The molecule has 0 aromatic heterocycles. The second kappa shape index (κ2) is 4.59. The normalized spacial score (nSPS) is 46.4. The molecule has 13 heavy (non-hydrogen) atoms. The minimum Gasteiger partial charge on any atom is -0.394 e. The Kier molecular flexibility index (Phi) is 3.96. The SMILES string of the molecule is CSC1C(CO)OC(O)C(O)C1O. The van der Waals surface area contributed by atoms with E-state index < -0.39 is 29.9 Å². The van der Waals surface area contributed by atoms with E-state index in [1.807, 2.05) is 0 Å². The molecule has 5 atom stereocenters. The molecule has 0 bridgehead atoms. The zero-order valence-electron chi connectivity index (χ0n) is 7.20. The minimum absolute atomic E-state index is 0.285. The van der Waals surface area contributed by atoms with Gasteiger partial charge in [-0.05, 0) is 6.26 Å². The Bertz CT molecular complexity index is 165. The van der Waals surface area contributed by atoms with Crippen LogP contribution in [-0.2, 0) is 4.74 Å². The van der Waals surface area contributed by atoms with E-state index >= 15 is 0 Å². The van der Waals surface area contributed by atoms with Gasteiger partial charge in [-0.25, -0.2) is 0 Å². The zero-order chi connectivity index (χ0) is 10.0. The fraction of sp³-hybridized carbons (Fsp3) is 1.00. The smallest absolute Gasteiger partial charge is 0.183 e. The van der Waals surface area contributed by atoms with Crippen LogP contribution in [-0.4, -0.2) is 63.1 Å². The van der Waals surface area contributed by atoms with Crippen LogP contribution in [0.4, 0.5) is 0 Å². The van der Waals surface area contributed by atoms with Gasteiger partial charge in [-0.2, -0.15) is 11.8 Å². The molecule has 5 unspecified atom stereocenters. The van der Waals surface area contributed by atoms with Gasteiger partial charge in [-0.1, -0.05) is 0 Å². The van der Waals surface area contributed by atoms with Crippen LogP contribution >= 0.6 is 11.8 Å². The van der Waals surface area contributed by atoms with Crippen LogP contribution in [0, 0.1) is 0 Å². The third-order valence-corrected chi connectivity index (χ3v) is 3.24. The molecule has 0 saturated carbocycles. The Hall–Kier alpha value is 0.150. The van der Waals surface area contributed by atoms with Crippen LogP contribution in [0.5, 0.6) is 0 Å². The van der Waals surface area contributed by atoms with Crippen LogP contribution < -0.4 is 0 Å². The molecule has 1 heterocycles. The predicted molar refractivity (Wildman–Crippen MR) is 47.3 cm³/mol. The van der Waals surface area contributed by atoms with Gasteiger partial charge in [0.1, 0.15) is 6.10 Å². The van der Waals surface area contributed by atoms with Crippen LogP contribution in [0.1, 0.15) is 0 Å². The predicted octanol–water partition coefficient (Wildman–Crippen LogP) is -1.85. The van der Waals surface area contributed by atoms with Crippen molar-refractivity contribution in [3.8, 4) is 0 Å². The highest BCUT2D eigenvalue weighted by atomic mass is 32.2. The molecule has 1 aliphatic heterocycles. The Labute approximate surface area is 80.3 Å². The van der Waals surface area contributed by atoms with Gasteiger partial charge in [0.2, 0.25) is 0 Å². The molecule has 0 aliphatic carbocycles. The molecule has 6 heteroatoms. The Morgan fingerprint density at radius 2 is 1.85 bits per heavy atom. The molecule has 1 rings (SSSR count). The summed E-state index contributed by atoms with van der Waals surface area (Å²) in [4.78, 5) is 0. The van der Waals surface area contributed by atoms with E-state index in [1.165, 1.54) is 11.8 Å². The summed E-state index contributed by atoms with van der Waals surface area (Å²) in [6, 6.07) is 0. The van der Waals surface area contributed by atoms with Crippen LogP contribution in [0.3, 0.4) is 0 Å². The molecule has 0 spiro atoms. The summed E-state index contributed by atoms with van der Waals surface area (Å²) in [5.74, 6) is 0. The Balaban J connectivity index is 2.69. The number of ether oxygens (including phenoxy) is 1. The average molecular weight is 210 g/mol. The topological polar surface area (TPSA) is 90.2 Å². The first kappa shape index (κ1) is 11.2. The lowest BCUT2D eigenvalue weighted by Gasteiger charge is -2.39. The molecule has 0 amide bonds. The van der Waals surface area contributed by atoms with Crippen LogP contribution in [0.2, 0.25) is 0 Å². The van der Waals surface area contributed by atoms with E-state index in [1.54, 1.807) is 6.26 Å². The van der Waals surface area contributed by atoms with Gasteiger partial charge in [0, 0.05) is 0 Å². The lowest BCUT2D eigenvalue weighted by Crippen LogP contribution is -2.57. The first-order valence-electron chi connectivity index (χ1n) is 3.95. The van der Waals surface area contributed by atoms with E-state index in [-0.39, 0.29) is 6.61 Å². The summed E-state index contributed by atoms with van der Waals surface area (Å²) in [6.07, 6.45) is -2.69. The average Bonchev–Trinajstić information content (AvgIpc) is 2.13. The fourth-order valence-electron chi connectivity index (χ4n) is 1.36. The summed E-state index contributed by atoms with van der Waals surface area (Å²) in [7, 11) is 0. The molecule has 1 saturated heterocycles. The number of rotatable bonds is 2. The molecular formula is C7H14O5S. The second-order valence-corrected chi connectivity index (χ2v) is 3.94. The molecule has 0 radical (unpaired) electrons. The fourth-order valence-corrected chi connectivity index (χ4v) is 2.25. The summed E-state index contributed by atoms with van der Waals surface area (Å²) in [5.41, 5.74) is 0. The molecule has 1 aliphatic rings. The maximum absolute atomic E-state index is 9.49. The summed E-state index contributed by atoms with van der Waals surface area (Å²) < 4.78 is 4.90. The highest BCUT2D eigenvalue weighted by Crippen LogP contribution is 2.27. The van der Waals surface area contributed by atoms with E-state index in [0.29, 0.717) is 0 Å². The van der Waals surface area contributed by atoms with Gasteiger partial charge in [-0.3, -0.25) is 0 Å². The monoisotopic (exact) mass is 210 g/mol. The van der Waals surface area contributed by atoms with Crippen molar-refractivity contribution in [2.45, 2.75) is 29.9 Å². The van der Waals surface area contributed by atoms with Gasteiger partial charge in [0.15, 0.2) is 6.29 Å². The third-order valence-electron chi connectivity index (χ3n) is 2.11. The molecule has 5 nitrogen and oxygen atoms in total. The molecule has 4 N–H and O–H groups in total. The molecule has 1 fully saturated rings.